The molecule has 4 heterocycles. The maximum atomic E-state index is 5.40. The van der Waals surface area contributed by atoms with Gasteiger partial charge < -0.3 is 19.7 Å². The van der Waals surface area contributed by atoms with Crippen molar-refractivity contribution in [2.45, 2.75) is 45.7 Å². The largest absolute Gasteiger partial charge is 0.361 e. The molecule has 0 atom stereocenters. The highest BCUT2D eigenvalue weighted by Crippen LogP contribution is 2.23. The summed E-state index contributed by atoms with van der Waals surface area (Å²) in [6.07, 6.45) is 6.32. The van der Waals surface area contributed by atoms with Crippen molar-refractivity contribution in [3.05, 3.63) is 30.2 Å². The topological polar surface area (TPSA) is 95.8 Å². The van der Waals surface area contributed by atoms with Crippen molar-refractivity contribution in [3.63, 3.8) is 0 Å². The predicted octanol–water partition coefficient (Wildman–Crippen LogP) is 2.30. The minimum atomic E-state index is 0.482. The van der Waals surface area contributed by atoms with E-state index in [4.69, 9.17) is 4.52 Å². The highest BCUT2D eigenvalue weighted by atomic mass is 16.5. The molecule has 0 saturated carbocycles. The molecule has 3 aromatic rings. The number of aromatic nitrogens is 5. The molecular formula is C18H25N7O. The van der Waals surface area contributed by atoms with Crippen LogP contribution in [0.15, 0.2) is 23.2 Å². The van der Waals surface area contributed by atoms with Crippen LogP contribution in [0.25, 0.3) is 11.2 Å². The van der Waals surface area contributed by atoms with Gasteiger partial charge in [0.25, 0.3) is 0 Å². The van der Waals surface area contributed by atoms with Gasteiger partial charge in [0, 0.05) is 38.2 Å². The number of H-pyrrole nitrogens is 1. The third-order valence-electron chi connectivity index (χ3n) is 4.79. The molecule has 26 heavy (non-hydrogen) atoms. The Bertz CT molecular complexity index is 848. The van der Waals surface area contributed by atoms with E-state index >= 15 is 0 Å². The Morgan fingerprint density at radius 1 is 1.27 bits per heavy atom. The monoisotopic (exact) mass is 355 g/mol. The fourth-order valence-electron chi connectivity index (χ4n) is 3.47. The first-order valence-electron chi connectivity index (χ1n) is 9.26. The van der Waals surface area contributed by atoms with Gasteiger partial charge in [-0.3, -0.25) is 0 Å². The van der Waals surface area contributed by atoms with Crippen molar-refractivity contribution in [2.75, 3.05) is 18.0 Å². The smallest absolute Gasteiger partial charge is 0.182 e. The van der Waals surface area contributed by atoms with Crippen molar-refractivity contribution >= 4 is 17.0 Å². The fourth-order valence-corrected chi connectivity index (χ4v) is 3.47. The van der Waals surface area contributed by atoms with Gasteiger partial charge in [-0.15, -0.1) is 0 Å². The van der Waals surface area contributed by atoms with Crippen LogP contribution in [0.3, 0.4) is 0 Å². The average molecular weight is 355 g/mol. The number of nitrogens with one attached hydrogen (secondary N) is 2. The van der Waals surface area contributed by atoms with Crippen LogP contribution < -0.4 is 10.2 Å². The summed E-state index contributed by atoms with van der Waals surface area (Å²) in [4.78, 5) is 18.3. The van der Waals surface area contributed by atoms with Gasteiger partial charge in [-0.1, -0.05) is 19.0 Å². The number of rotatable bonds is 6. The Labute approximate surface area is 152 Å². The number of piperidine rings is 1. The molecule has 8 nitrogen and oxygen atoms in total. The van der Waals surface area contributed by atoms with Crippen molar-refractivity contribution < 1.29 is 4.52 Å². The van der Waals surface area contributed by atoms with Gasteiger partial charge in [-0.2, -0.15) is 0 Å². The minimum Gasteiger partial charge on any atom is -0.361 e. The van der Waals surface area contributed by atoms with Crippen LogP contribution in [0.2, 0.25) is 0 Å². The van der Waals surface area contributed by atoms with Crippen molar-refractivity contribution in [1.29, 1.82) is 0 Å². The SMILES string of the molecule is CC(C)Cc1cc(CNC2CCN(c3ncnc4nc[nH]c34)CC2)no1. The lowest BCUT2D eigenvalue weighted by Gasteiger charge is -2.33. The Kier molecular flexibility index (Phi) is 4.83. The molecule has 3 aromatic heterocycles. The molecule has 0 amide bonds. The summed E-state index contributed by atoms with van der Waals surface area (Å²) in [6.45, 7) is 7.04. The highest BCUT2D eigenvalue weighted by Gasteiger charge is 2.22. The number of hydrogen-bond donors (Lipinski definition) is 2. The lowest BCUT2D eigenvalue weighted by molar-refractivity contribution is 0.356. The number of nitrogens with zero attached hydrogens (tertiary/aromatic N) is 5. The van der Waals surface area contributed by atoms with Crippen LogP contribution in [-0.2, 0) is 13.0 Å². The average Bonchev–Trinajstić information content (AvgIpc) is 3.29. The van der Waals surface area contributed by atoms with E-state index < -0.39 is 0 Å². The normalized spacial score (nSPS) is 16.0. The van der Waals surface area contributed by atoms with Gasteiger partial charge in [-0.05, 0) is 18.8 Å². The van der Waals surface area contributed by atoms with Gasteiger partial charge in [0.15, 0.2) is 11.5 Å². The zero-order chi connectivity index (χ0) is 17.9. The molecule has 1 saturated heterocycles. The molecule has 0 unspecified atom stereocenters. The van der Waals surface area contributed by atoms with Gasteiger partial charge >= 0.3 is 0 Å². The molecule has 138 valence electrons. The first kappa shape index (κ1) is 17.0. The molecule has 8 heteroatoms. The molecule has 0 bridgehead atoms. The zero-order valence-corrected chi connectivity index (χ0v) is 15.3. The summed E-state index contributed by atoms with van der Waals surface area (Å²) in [5.74, 6) is 2.50. The van der Waals surface area contributed by atoms with Gasteiger partial charge in [0.1, 0.15) is 17.6 Å². The third-order valence-corrected chi connectivity index (χ3v) is 4.79. The summed E-state index contributed by atoms with van der Waals surface area (Å²) in [5, 5.41) is 7.78. The van der Waals surface area contributed by atoms with E-state index in [1.807, 2.05) is 0 Å². The van der Waals surface area contributed by atoms with Crippen LogP contribution in [0.1, 0.15) is 38.1 Å². The molecular weight excluding hydrogens is 330 g/mol. The second kappa shape index (κ2) is 7.41. The summed E-state index contributed by atoms with van der Waals surface area (Å²) in [5.41, 5.74) is 2.62. The molecule has 1 fully saturated rings. The van der Waals surface area contributed by atoms with E-state index in [0.717, 1.165) is 67.3 Å². The number of anilines is 1. The maximum Gasteiger partial charge on any atom is 0.182 e. The first-order valence-corrected chi connectivity index (χ1v) is 9.26. The minimum absolute atomic E-state index is 0.482. The number of hydrogen-bond acceptors (Lipinski definition) is 7. The van der Waals surface area contributed by atoms with E-state index in [0.29, 0.717) is 12.0 Å². The van der Waals surface area contributed by atoms with Crippen LogP contribution in [0, 0.1) is 5.92 Å². The standard InChI is InChI=1S/C18H25N7O/c1-12(2)7-15-8-14(24-26-15)9-19-13-3-5-25(6-4-13)18-16-17(21-10-20-16)22-11-23-18/h8,10-13,19H,3-7,9H2,1-2H3,(H,20,21,22,23). The van der Waals surface area contributed by atoms with Gasteiger partial charge in [-0.25, -0.2) is 15.0 Å². The van der Waals surface area contributed by atoms with Crippen molar-refractivity contribution in [3.8, 4) is 0 Å². The zero-order valence-electron chi connectivity index (χ0n) is 15.3. The molecule has 2 N–H and O–H groups in total. The second-order valence-corrected chi connectivity index (χ2v) is 7.32. The van der Waals surface area contributed by atoms with E-state index in [1.165, 1.54) is 0 Å². The van der Waals surface area contributed by atoms with E-state index in [9.17, 15) is 0 Å². The van der Waals surface area contributed by atoms with Gasteiger partial charge in [0.05, 0.1) is 12.0 Å². The van der Waals surface area contributed by atoms with Crippen LogP contribution in [-0.4, -0.2) is 44.2 Å². The van der Waals surface area contributed by atoms with Crippen LogP contribution in [0.5, 0.6) is 0 Å². The lowest BCUT2D eigenvalue weighted by atomic mass is 10.0. The van der Waals surface area contributed by atoms with Crippen molar-refractivity contribution in [1.82, 2.24) is 30.4 Å². The Morgan fingerprint density at radius 2 is 2.12 bits per heavy atom. The Balaban J connectivity index is 1.30. The third kappa shape index (κ3) is 3.70. The number of fused-ring (bicyclic) bond motifs is 1. The molecule has 4 rings (SSSR count). The molecule has 1 aliphatic heterocycles. The summed E-state index contributed by atoms with van der Waals surface area (Å²) >= 11 is 0. The highest BCUT2D eigenvalue weighted by molar-refractivity contribution is 5.82. The fraction of sp³-hybridized carbons (Fsp3) is 0.556. The maximum absolute atomic E-state index is 5.40. The summed E-state index contributed by atoms with van der Waals surface area (Å²) < 4.78 is 5.40. The summed E-state index contributed by atoms with van der Waals surface area (Å²) in [6, 6.07) is 2.55. The Morgan fingerprint density at radius 3 is 2.92 bits per heavy atom. The molecule has 0 radical (unpaired) electrons. The molecule has 0 aromatic carbocycles. The van der Waals surface area contributed by atoms with Crippen LogP contribution >= 0.6 is 0 Å². The molecule has 1 aliphatic rings. The number of imidazole rings is 1. The predicted molar refractivity (Wildman–Crippen MR) is 98.8 cm³/mol. The van der Waals surface area contributed by atoms with Crippen LogP contribution in [0.4, 0.5) is 5.82 Å². The Hall–Kier alpha value is -2.48. The molecule has 0 spiro atoms. The number of aromatic amines is 1. The molecule has 0 aliphatic carbocycles. The quantitative estimate of drug-likeness (QED) is 0.700. The van der Waals surface area contributed by atoms with Crippen molar-refractivity contribution in [2.24, 2.45) is 5.92 Å². The van der Waals surface area contributed by atoms with Gasteiger partial charge in [0.2, 0.25) is 0 Å². The van der Waals surface area contributed by atoms with E-state index in [-0.39, 0.29) is 0 Å². The van der Waals surface area contributed by atoms with E-state index in [2.05, 4.69) is 55.2 Å². The van der Waals surface area contributed by atoms with E-state index in [1.54, 1.807) is 12.7 Å². The first-order chi connectivity index (χ1) is 12.7. The lowest BCUT2D eigenvalue weighted by Crippen LogP contribution is -2.42. The second-order valence-electron chi connectivity index (χ2n) is 7.32. The summed E-state index contributed by atoms with van der Waals surface area (Å²) in [7, 11) is 0.